The summed E-state index contributed by atoms with van der Waals surface area (Å²) in [5.41, 5.74) is 0.885. The van der Waals surface area contributed by atoms with Crippen LogP contribution < -0.4 is 9.47 Å². The van der Waals surface area contributed by atoms with Crippen LogP contribution in [0.3, 0.4) is 0 Å². The number of aromatic nitrogens is 2. The molecule has 0 N–H and O–H groups in total. The molecule has 0 aliphatic carbocycles. The Kier molecular flexibility index (Phi) is 2.76. The molecule has 1 aliphatic heterocycles. The predicted octanol–water partition coefficient (Wildman–Crippen LogP) is 3.40. The van der Waals surface area contributed by atoms with Crippen molar-refractivity contribution < 1.29 is 9.47 Å². The second-order valence-corrected chi connectivity index (χ2v) is 5.03. The highest BCUT2D eigenvalue weighted by Crippen LogP contribution is 2.35. The van der Waals surface area contributed by atoms with Gasteiger partial charge in [-0.1, -0.05) is 0 Å². The summed E-state index contributed by atoms with van der Waals surface area (Å²) >= 11 is 6.67. The Morgan fingerprint density at radius 1 is 0.941 bits per heavy atom. The van der Waals surface area contributed by atoms with E-state index in [9.17, 15) is 0 Å². The molecule has 0 radical (unpaired) electrons. The lowest BCUT2D eigenvalue weighted by molar-refractivity contribution is 0.174. The Balaban J connectivity index is 2.09. The van der Waals surface area contributed by atoms with Gasteiger partial charge in [0.1, 0.15) is 9.21 Å². The van der Waals surface area contributed by atoms with Gasteiger partial charge < -0.3 is 9.47 Å². The zero-order valence-electron chi connectivity index (χ0n) is 8.48. The first-order valence-corrected chi connectivity index (χ1v) is 6.41. The van der Waals surface area contributed by atoms with E-state index >= 15 is 0 Å². The van der Waals surface area contributed by atoms with Crippen LogP contribution in [0, 0.1) is 0 Å². The summed E-state index contributed by atoms with van der Waals surface area (Å²) in [6.45, 7) is 0.266. The lowest BCUT2D eigenvalue weighted by Gasteiger charge is -2.03. The van der Waals surface area contributed by atoms with Gasteiger partial charge in [0.25, 0.3) is 0 Å². The summed E-state index contributed by atoms with van der Waals surface area (Å²) in [4.78, 5) is 8.62. The summed E-state index contributed by atoms with van der Waals surface area (Å²) in [6, 6.07) is 7.42. The maximum atomic E-state index is 5.32. The average Bonchev–Trinajstić information content (AvgIpc) is 2.74. The fourth-order valence-electron chi connectivity index (χ4n) is 1.55. The summed E-state index contributed by atoms with van der Waals surface area (Å²) in [5.74, 6) is 2.11. The monoisotopic (exact) mass is 356 g/mol. The van der Waals surface area contributed by atoms with Crippen molar-refractivity contribution in [3.8, 4) is 22.9 Å². The SMILES string of the molecule is Brc1cc(Br)nc(-c2ccc3c(c2)OCO3)n1. The molecule has 1 aromatic carbocycles. The highest BCUT2D eigenvalue weighted by Gasteiger charge is 2.15. The normalized spacial score (nSPS) is 12.8. The van der Waals surface area contributed by atoms with E-state index in [1.54, 1.807) is 6.07 Å². The summed E-state index contributed by atoms with van der Waals surface area (Å²) in [6.07, 6.45) is 0. The quantitative estimate of drug-likeness (QED) is 0.734. The van der Waals surface area contributed by atoms with Crippen LogP contribution >= 0.6 is 31.9 Å². The molecule has 0 saturated heterocycles. The molecule has 1 aliphatic rings. The van der Waals surface area contributed by atoms with Crippen molar-refractivity contribution in [2.24, 2.45) is 0 Å². The first-order valence-electron chi connectivity index (χ1n) is 4.82. The number of benzene rings is 1. The van der Waals surface area contributed by atoms with Gasteiger partial charge in [-0.2, -0.15) is 0 Å². The number of ether oxygens (including phenoxy) is 2. The van der Waals surface area contributed by atoms with Crippen molar-refractivity contribution in [1.82, 2.24) is 9.97 Å². The van der Waals surface area contributed by atoms with Gasteiger partial charge in [-0.05, 0) is 50.1 Å². The molecule has 3 rings (SSSR count). The molecule has 0 atom stereocenters. The third kappa shape index (κ3) is 2.14. The van der Waals surface area contributed by atoms with E-state index in [2.05, 4.69) is 41.8 Å². The van der Waals surface area contributed by atoms with Crippen LogP contribution in [0.25, 0.3) is 11.4 Å². The highest BCUT2D eigenvalue weighted by atomic mass is 79.9. The van der Waals surface area contributed by atoms with Gasteiger partial charge in [-0.3, -0.25) is 0 Å². The van der Waals surface area contributed by atoms with Crippen LogP contribution in [-0.2, 0) is 0 Å². The summed E-state index contributed by atoms with van der Waals surface area (Å²) in [7, 11) is 0. The van der Waals surface area contributed by atoms with E-state index < -0.39 is 0 Å². The Hall–Kier alpha value is -1.14. The van der Waals surface area contributed by atoms with Crippen LogP contribution in [-0.4, -0.2) is 16.8 Å². The van der Waals surface area contributed by atoms with Crippen LogP contribution in [0.2, 0.25) is 0 Å². The fourth-order valence-corrected chi connectivity index (χ4v) is 2.63. The van der Waals surface area contributed by atoms with Crippen LogP contribution in [0.4, 0.5) is 0 Å². The van der Waals surface area contributed by atoms with Gasteiger partial charge >= 0.3 is 0 Å². The maximum absolute atomic E-state index is 5.32. The Morgan fingerprint density at radius 2 is 1.65 bits per heavy atom. The Bertz CT molecular complexity index is 569. The topological polar surface area (TPSA) is 44.2 Å². The number of hydrogen-bond acceptors (Lipinski definition) is 4. The van der Waals surface area contributed by atoms with Crippen molar-refractivity contribution in [3.05, 3.63) is 33.5 Å². The number of rotatable bonds is 1. The lowest BCUT2D eigenvalue weighted by atomic mass is 10.2. The zero-order chi connectivity index (χ0) is 11.8. The maximum Gasteiger partial charge on any atom is 0.231 e. The number of halogens is 2. The Labute approximate surface area is 114 Å². The fraction of sp³-hybridized carbons (Fsp3) is 0.0909. The average molecular weight is 358 g/mol. The summed E-state index contributed by atoms with van der Waals surface area (Å²) < 4.78 is 12.0. The second kappa shape index (κ2) is 4.27. The van der Waals surface area contributed by atoms with Gasteiger partial charge in [0.2, 0.25) is 6.79 Å². The molecule has 2 aromatic rings. The minimum atomic E-state index is 0.266. The number of fused-ring (bicyclic) bond motifs is 1. The largest absolute Gasteiger partial charge is 0.454 e. The standard InChI is InChI=1S/C11H6Br2N2O2/c12-9-4-10(13)15-11(14-9)6-1-2-7-8(3-6)17-5-16-7/h1-4H,5H2. The van der Waals surface area contributed by atoms with E-state index in [0.717, 1.165) is 26.3 Å². The summed E-state index contributed by atoms with van der Waals surface area (Å²) in [5, 5.41) is 0. The third-order valence-corrected chi connectivity index (χ3v) is 3.11. The van der Waals surface area contributed by atoms with Crippen molar-refractivity contribution in [2.45, 2.75) is 0 Å². The first kappa shape index (κ1) is 11.0. The van der Waals surface area contributed by atoms with Crippen LogP contribution in [0.1, 0.15) is 0 Å². The minimum absolute atomic E-state index is 0.266. The van der Waals surface area contributed by atoms with E-state index in [-0.39, 0.29) is 6.79 Å². The van der Waals surface area contributed by atoms with E-state index in [1.165, 1.54) is 0 Å². The van der Waals surface area contributed by atoms with E-state index in [1.807, 2.05) is 18.2 Å². The van der Waals surface area contributed by atoms with E-state index in [0.29, 0.717) is 5.82 Å². The molecule has 6 heteroatoms. The number of hydrogen-bond donors (Lipinski definition) is 0. The zero-order valence-corrected chi connectivity index (χ0v) is 11.7. The highest BCUT2D eigenvalue weighted by molar-refractivity contribution is 9.11. The van der Waals surface area contributed by atoms with Gasteiger partial charge in [-0.15, -0.1) is 0 Å². The molecule has 0 unspecified atom stereocenters. The lowest BCUT2D eigenvalue weighted by Crippen LogP contribution is -1.93. The third-order valence-electron chi connectivity index (χ3n) is 2.29. The predicted molar refractivity (Wildman–Crippen MR) is 69.0 cm³/mol. The molecular formula is C11H6Br2N2O2. The van der Waals surface area contributed by atoms with Gasteiger partial charge in [0.15, 0.2) is 17.3 Å². The minimum Gasteiger partial charge on any atom is -0.454 e. The molecule has 0 spiro atoms. The second-order valence-electron chi connectivity index (χ2n) is 3.41. The molecule has 4 nitrogen and oxygen atoms in total. The molecule has 0 amide bonds. The molecule has 17 heavy (non-hydrogen) atoms. The van der Waals surface area contributed by atoms with Crippen LogP contribution in [0.5, 0.6) is 11.5 Å². The molecule has 86 valence electrons. The first-order chi connectivity index (χ1) is 8.22. The van der Waals surface area contributed by atoms with Crippen molar-refractivity contribution in [1.29, 1.82) is 0 Å². The molecule has 0 saturated carbocycles. The molecular weight excluding hydrogens is 352 g/mol. The molecule has 0 bridgehead atoms. The van der Waals surface area contributed by atoms with Crippen molar-refractivity contribution >= 4 is 31.9 Å². The smallest absolute Gasteiger partial charge is 0.231 e. The van der Waals surface area contributed by atoms with Crippen molar-refractivity contribution in [3.63, 3.8) is 0 Å². The van der Waals surface area contributed by atoms with Gasteiger partial charge in [0, 0.05) is 11.6 Å². The van der Waals surface area contributed by atoms with Crippen molar-refractivity contribution in [2.75, 3.05) is 6.79 Å². The molecule has 1 aromatic heterocycles. The van der Waals surface area contributed by atoms with Crippen LogP contribution in [0.15, 0.2) is 33.5 Å². The molecule has 0 fully saturated rings. The number of nitrogens with zero attached hydrogens (tertiary/aromatic N) is 2. The Morgan fingerprint density at radius 3 is 2.41 bits per heavy atom. The molecule has 2 heterocycles. The van der Waals surface area contributed by atoms with E-state index in [4.69, 9.17) is 9.47 Å². The van der Waals surface area contributed by atoms with Gasteiger partial charge in [0.05, 0.1) is 0 Å². The van der Waals surface area contributed by atoms with Gasteiger partial charge in [-0.25, -0.2) is 9.97 Å².